The maximum absolute atomic E-state index is 14.1. The highest BCUT2D eigenvalue weighted by molar-refractivity contribution is 7.89. The van der Waals surface area contributed by atoms with Crippen molar-refractivity contribution in [1.29, 1.82) is 0 Å². The molecule has 0 atom stereocenters. The van der Waals surface area contributed by atoms with E-state index >= 15 is 0 Å². The molecular weight excluding hydrogens is 365 g/mol. The molecule has 9 heteroatoms. The second-order valence-corrected chi connectivity index (χ2v) is 8.57. The van der Waals surface area contributed by atoms with Gasteiger partial charge in [0.1, 0.15) is 10.7 Å². The Balaban J connectivity index is 1.73. The Morgan fingerprint density at radius 3 is 2.76 bits per heavy atom. The zero-order valence-electron chi connectivity index (χ0n) is 13.4. The molecule has 134 valence electrons. The molecule has 3 rings (SSSR count). The van der Waals surface area contributed by atoms with Crippen molar-refractivity contribution in [1.82, 2.24) is 14.6 Å². The number of thiazole rings is 1. The van der Waals surface area contributed by atoms with Crippen LogP contribution in [0.15, 0.2) is 34.7 Å². The van der Waals surface area contributed by atoms with Gasteiger partial charge in [-0.05, 0) is 31.0 Å². The van der Waals surface area contributed by atoms with Gasteiger partial charge in [-0.2, -0.15) is 4.31 Å². The van der Waals surface area contributed by atoms with Crippen molar-refractivity contribution in [2.45, 2.75) is 24.2 Å². The average Bonchev–Trinajstić information content (AvgIpc) is 3.29. The summed E-state index contributed by atoms with van der Waals surface area (Å²) in [4.78, 5) is 15.9. The molecule has 0 aliphatic carbocycles. The lowest BCUT2D eigenvalue weighted by Crippen LogP contribution is -2.30. The van der Waals surface area contributed by atoms with Gasteiger partial charge in [-0.25, -0.2) is 17.8 Å². The van der Waals surface area contributed by atoms with Crippen molar-refractivity contribution in [2.24, 2.45) is 0 Å². The zero-order valence-corrected chi connectivity index (χ0v) is 15.1. The average molecular weight is 383 g/mol. The van der Waals surface area contributed by atoms with Crippen LogP contribution in [0.4, 0.5) is 4.39 Å². The summed E-state index contributed by atoms with van der Waals surface area (Å²) in [5.41, 5.74) is 0.123. The number of carbonyl (C=O) groups is 1. The van der Waals surface area contributed by atoms with Crippen molar-refractivity contribution in [3.8, 4) is 0 Å². The molecule has 2 aromatic rings. The predicted molar refractivity (Wildman–Crippen MR) is 92.5 cm³/mol. The fourth-order valence-corrected chi connectivity index (χ4v) is 4.90. The fraction of sp³-hybridized carbons (Fsp3) is 0.375. The van der Waals surface area contributed by atoms with E-state index in [0.29, 0.717) is 26.1 Å². The van der Waals surface area contributed by atoms with Crippen LogP contribution in [-0.4, -0.2) is 43.2 Å². The third-order valence-corrected chi connectivity index (χ3v) is 6.74. The lowest BCUT2D eigenvalue weighted by molar-refractivity contribution is 0.0954. The molecule has 6 nitrogen and oxygen atoms in total. The maximum Gasteiger partial charge on any atom is 0.251 e. The van der Waals surface area contributed by atoms with Crippen LogP contribution in [0.2, 0.25) is 0 Å². The number of benzene rings is 1. The van der Waals surface area contributed by atoms with Gasteiger partial charge in [0.15, 0.2) is 0 Å². The minimum absolute atomic E-state index is 0.123. The van der Waals surface area contributed by atoms with E-state index in [1.165, 1.54) is 21.7 Å². The molecule has 0 bridgehead atoms. The number of hydrogen-bond acceptors (Lipinski definition) is 5. The third-order valence-electron chi connectivity index (χ3n) is 3.98. The molecule has 1 fully saturated rings. The van der Waals surface area contributed by atoms with E-state index in [1.807, 2.05) is 5.38 Å². The number of amides is 1. The van der Waals surface area contributed by atoms with E-state index in [4.69, 9.17) is 0 Å². The monoisotopic (exact) mass is 383 g/mol. The van der Waals surface area contributed by atoms with Crippen molar-refractivity contribution < 1.29 is 17.6 Å². The topological polar surface area (TPSA) is 79.4 Å². The Hall–Kier alpha value is -1.84. The lowest BCUT2D eigenvalue weighted by Gasteiger charge is -2.16. The summed E-state index contributed by atoms with van der Waals surface area (Å²) in [6.45, 7) is 1.13. The molecule has 1 aromatic heterocycles. The molecule has 1 N–H and O–H groups in total. The summed E-state index contributed by atoms with van der Waals surface area (Å²) >= 11 is 1.50. The van der Waals surface area contributed by atoms with E-state index in [1.54, 1.807) is 6.20 Å². The van der Waals surface area contributed by atoms with E-state index in [-0.39, 0.29) is 5.56 Å². The molecule has 1 saturated heterocycles. The smallest absolute Gasteiger partial charge is 0.251 e. The summed E-state index contributed by atoms with van der Waals surface area (Å²) in [6.07, 6.45) is 3.80. The Morgan fingerprint density at radius 2 is 2.08 bits per heavy atom. The van der Waals surface area contributed by atoms with Crippen LogP contribution >= 0.6 is 11.3 Å². The van der Waals surface area contributed by atoms with Gasteiger partial charge < -0.3 is 5.32 Å². The molecule has 0 radical (unpaired) electrons. The minimum Gasteiger partial charge on any atom is -0.352 e. The van der Waals surface area contributed by atoms with Crippen LogP contribution in [-0.2, 0) is 16.4 Å². The number of nitrogens with zero attached hydrogens (tertiary/aromatic N) is 2. The first-order valence-corrected chi connectivity index (χ1v) is 10.3. The number of nitrogens with one attached hydrogen (secondary N) is 1. The Bertz CT molecular complexity index is 848. The predicted octanol–water partition coefficient (Wildman–Crippen LogP) is 2.04. The van der Waals surface area contributed by atoms with E-state index in [0.717, 1.165) is 30.0 Å². The zero-order chi connectivity index (χ0) is 17.9. The Kier molecular flexibility index (Phi) is 5.45. The summed E-state index contributed by atoms with van der Waals surface area (Å²) in [5.74, 6) is -1.28. The van der Waals surface area contributed by atoms with Crippen molar-refractivity contribution in [3.63, 3.8) is 0 Å². The number of carbonyl (C=O) groups excluding carboxylic acids is 1. The van der Waals surface area contributed by atoms with E-state index in [2.05, 4.69) is 10.3 Å². The number of halogens is 1. The van der Waals surface area contributed by atoms with Gasteiger partial charge in [0.25, 0.3) is 5.91 Å². The Labute approximate surface area is 149 Å². The number of sulfonamides is 1. The first kappa shape index (κ1) is 18.0. The summed E-state index contributed by atoms with van der Waals surface area (Å²) in [6, 6.07) is 3.43. The first-order valence-electron chi connectivity index (χ1n) is 7.95. The van der Waals surface area contributed by atoms with Crippen LogP contribution in [0.3, 0.4) is 0 Å². The van der Waals surface area contributed by atoms with E-state index in [9.17, 15) is 17.6 Å². The summed E-state index contributed by atoms with van der Waals surface area (Å²) < 4.78 is 40.4. The highest BCUT2D eigenvalue weighted by Gasteiger charge is 2.30. The second kappa shape index (κ2) is 7.59. The highest BCUT2D eigenvalue weighted by Crippen LogP contribution is 2.24. The molecular formula is C16H18FN3O3S2. The Morgan fingerprint density at radius 1 is 1.32 bits per heavy atom. The second-order valence-electron chi connectivity index (χ2n) is 5.69. The number of aromatic nitrogens is 1. The standard InChI is InChI=1S/C16H18FN3O3S2/c17-13-4-3-12(16(21)19-6-5-15-18-7-10-24-15)11-14(13)25(22,23)20-8-1-2-9-20/h3-4,7,10-11H,1-2,5-6,8-9H2,(H,19,21). The van der Waals surface area contributed by atoms with Gasteiger partial charge in [-0.3, -0.25) is 4.79 Å². The van der Waals surface area contributed by atoms with Crippen molar-refractivity contribution in [2.75, 3.05) is 19.6 Å². The molecule has 1 aliphatic rings. The van der Waals surface area contributed by atoms with Crippen molar-refractivity contribution >= 4 is 27.3 Å². The van der Waals surface area contributed by atoms with Gasteiger partial charge in [-0.1, -0.05) is 0 Å². The van der Waals surface area contributed by atoms with Crippen LogP contribution in [0, 0.1) is 5.82 Å². The molecule has 0 saturated carbocycles. The third kappa shape index (κ3) is 4.05. The number of hydrogen-bond donors (Lipinski definition) is 1. The molecule has 25 heavy (non-hydrogen) atoms. The molecule has 0 spiro atoms. The van der Waals surface area contributed by atoms with E-state index < -0.39 is 26.6 Å². The molecule has 1 aliphatic heterocycles. The maximum atomic E-state index is 14.1. The normalized spacial score (nSPS) is 15.4. The summed E-state index contributed by atoms with van der Waals surface area (Å²) in [7, 11) is -3.91. The number of rotatable bonds is 6. The highest BCUT2D eigenvalue weighted by atomic mass is 32.2. The van der Waals surface area contributed by atoms with Crippen LogP contribution in [0.25, 0.3) is 0 Å². The van der Waals surface area contributed by atoms with Gasteiger partial charge in [0.05, 0.1) is 5.01 Å². The van der Waals surface area contributed by atoms with Crippen LogP contribution < -0.4 is 5.32 Å². The first-order chi connectivity index (χ1) is 12.0. The minimum atomic E-state index is -3.91. The molecule has 1 amide bonds. The largest absolute Gasteiger partial charge is 0.352 e. The molecule has 0 unspecified atom stereocenters. The van der Waals surface area contributed by atoms with Crippen LogP contribution in [0.1, 0.15) is 28.2 Å². The molecule has 1 aromatic carbocycles. The van der Waals surface area contributed by atoms with Crippen LogP contribution in [0.5, 0.6) is 0 Å². The van der Waals surface area contributed by atoms with Crippen molar-refractivity contribution in [3.05, 3.63) is 46.2 Å². The van der Waals surface area contributed by atoms with Gasteiger partial charge in [0, 0.05) is 43.2 Å². The quantitative estimate of drug-likeness (QED) is 0.828. The fourth-order valence-electron chi connectivity index (χ4n) is 2.67. The van der Waals surface area contributed by atoms with Gasteiger partial charge in [0.2, 0.25) is 10.0 Å². The van der Waals surface area contributed by atoms with Gasteiger partial charge in [-0.15, -0.1) is 11.3 Å². The SMILES string of the molecule is O=C(NCCc1nccs1)c1ccc(F)c(S(=O)(=O)N2CCCC2)c1. The summed E-state index contributed by atoms with van der Waals surface area (Å²) in [5, 5.41) is 5.46. The van der Waals surface area contributed by atoms with Gasteiger partial charge >= 0.3 is 0 Å². The lowest BCUT2D eigenvalue weighted by atomic mass is 10.2. The molecule has 2 heterocycles.